The number of benzene rings is 2. The fourth-order valence-electron chi connectivity index (χ4n) is 4.39. The Morgan fingerprint density at radius 3 is 2.78 bits per heavy atom. The molecule has 0 saturated heterocycles. The summed E-state index contributed by atoms with van der Waals surface area (Å²) in [5, 5.41) is 19.8. The Bertz CT molecular complexity index is 956. The Morgan fingerprint density at radius 2 is 2.00 bits per heavy atom. The molecule has 0 amide bonds. The van der Waals surface area contributed by atoms with Crippen molar-refractivity contribution in [2.24, 2.45) is 11.8 Å². The van der Waals surface area contributed by atoms with Crippen LogP contribution in [0.2, 0.25) is 0 Å². The van der Waals surface area contributed by atoms with Gasteiger partial charge in [0.05, 0.1) is 18.3 Å². The van der Waals surface area contributed by atoms with Crippen LogP contribution >= 0.6 is 0 Å². The quantitative estimate of drug-likeness (QED) is 0.360. The minimum Gasteiger partial charge on any atom is -0.507 e. The van der Waals surface area contributed by atoms with E-state index in [-0.39, 0.29) is 43.3 Å². The van der Waals surface area contributed by atoms with Crippen molar-refractivity contribution < 1.29 is 44.3 Å². The molecule has 4 atom stereocenters. The predicted octanol–water partition coefficient (Wildman–Crippen LogP) is 4.39. The molecule has 1 saturated carbocycles. The zero-order chi connectivity index (χ0) is 21.6. The monoisotopic (exact) mass is 611 g/mol. The summed E-state index contributed by atoms with van der Waals surface area (Å²) in [4.78, 5) is 11.3. The van der Waals surface area contributed by atoms with Gasteiger partial charge in [0.25, 0.3) is 0 Å². The zero-order valence-electron chi connectivity index (χ0n) is 17.6. The van der Waals surface area contributed by atoms with Crippen molar-refractivity contribution in [1.82, 2.24) is 0 Å². The van der Waals surface area contributed by atoms with Crippen LogP contribution in [0.25, 0.3) is 5.57 Å². The van der Waals surface area contributed by atoms with Gasteiger partial charge in [-0.3, -0.25) is 0 Å². The van der Waals surface area contributed by atoms with Crippen LogP contribution in [0.1, 0.15) is 28.8 Å². The minimum atomic E-state index is -0.935. The van der Waals surface area contributed by atoms with Gasteiger partial charge in [-0.25, -0.2) is 16.9 Å². The topological polar surface area (TPSA) is 76.0 Å². The molecule has 2 N–H and O–H groups in total. The number of carboxylic acids is 1. The van der Waals surface area contributed by atoms with E-state index in [0.717, 1.165) is 23.3 Å². The van der Waals surface area contributed by atoms with Crippen molar-refractivity contribution in [1.29, 1.82) is 0 Å². The van der Waals surface area contributed by atoms with Crippen LogP contribution in [-0.2, 0) is 24.5 Å². The first-order chi connectivity index (χ1) is 15.1. The van der Waals surface area contributed by atoms with Gasteiger partial charge < -0.3 is 19.7 Å². The summed E-state index contributed by atoms with van der Waals surface area (Å²) >= 11 is 0. The van der Waals surface area contributed by atoms with Crippen LogP contribution in [-0.4, -0.2) is 41.6 Å². The summed E-state index contributed by atoms with van der Waals surface area (Å²) in [5.74, 6) is 0.0957. The van der Waals surface area contributed by atoms with E-state index >= 15 is 0 Å². The van der Waals surface area contributed by atoms with Crippen molar-refractivity contribution in [2.75, 3.05) is 13.2 Å². The van der Waals surface area contributed by atoms with Gasteiger partial charge >= 0.3 is 25.8 Å². The normalized spacial score (nSPS) is 24.7. The van der Waals surface area contributed by atoms with E-state index in [0.29, 0.717) is 19.6 Å². The van der Waals surface area contributed by atoms with Gasteiger partial charge in [0.2, 0.25) is 0 Å². The van der Waals surface area contributed by atoms with Gasteiger partial charge in [-0.2, -0.15) is 6.42 Å². The molecule has 2 aliphatic rings. The van der Waals surface area contributed by atoms with E-state index in [1.165, 1.54) is 0 Å². The Balaban J connectivity index is 0.00000289. The van der Waals surface area contributed by atoms with E-state index in [9.17, 15) is 15.0 Å². The SMILES string of the molecule is O=C(O)c1cccc(C2=CC[C@@H]3[C@@H](/C=C/[CH-]COc4ccccc4)[C@H](O)C[C@@H]3OC2)c1.[Os+]. The van der Waals surface area contributed by atoms with Gasteiger partial charge in [-0.05, 0) is 54.2 Å². The maximum Gasteiger partial charge on any atom is 1.00 e. The summed E-state index contributed by atoms with van der Waals surface area (Å²) in [6, 6.07) is 16.6. The van der Waals surface area contributed by atoms with Crippen molar-refractivity contribution in [3.05, 3.63) is 90.4 Å². The molecule has 1 heterocycles. The molecule has 32 heavy (non-hydrogen) atoms. The van der Waals surface area contributed by atoms with Crippen LogP contribution in [0.4, 0.5) is 0 Å². The zero-order valence-corrected chi connectivity index (χ0v) is 20.2. The molecule has 2 aromatic rings. The number of para-hydroxylation sites is 1. The molecule has 0 spiro atoms. The van der Waals surface area contributed by atoms with Crippen LogP contribution < -0.4 is 4.74 Å². The van der Waals surface area contributed by atoms with Crippen LogP contribution in [0, 0.1) is 18.3 Å². The van der Waals surface area contributed by atoms with E-state index in [1.807, 2.05) is 48.9 Å². The summed E-state index contributed by atoms with van der Waals surface area (Å²) in [6.45, 7) is 0.891. The minimum absolute atomic E-state index is 0. The molecule has 5 nitrogen and oxygen atoms in total. The number of carboxylic acid groups (broad SMARTS) is 1. The first-order valence-electron chi connectivity index (χ1n) is 10.6. The van der Waals surface area contributed by atoms with E-state index in [1.54, 1.807) is 18.2 Å². The molecule has 0 bridgehead atoms. The molecule has 4 rings (SSSR count). The Kier molecular flexibility index (Phi) is 8.70. The van der Waals surface area contributed by atoms with E-state index in [4.69, 9.17) is 9.47 Å². The first-order valence-corrected chi connectivity index (χ1v) is 10.6. The standard InChI is InChI=1S/C26H27O5.Os/c27-24-16-25-23(22(24)11-4-5-14-30-21-9-2-1-3-10-21)13-12-20(17-31-25)18-7-6-8-19(15-18)26(28)29;/h1-12,15,22-25,27H,13-14,16-17H2,(H,28,29);/q-1;+1/b11-4+;/t22-,23-,24-,25+;/m1./s1. The van der Waals surface area contributed by atoms with E-state index < -0.39 is 12.1 Å². The Morgan fingerprint density at radius 1 is 1.19 bits per heavy atom. The molecule has 169 valence electrons. The number of carbonyl (C=O) groups is 1. The van der Waals surface area contributed by atoms with E-state index in [2.05, 4.69) is 12.2 Å². The predicted molar refractivity (Wildman–Crippen MR) is 119 cm³/mol. The third kappa shape index (κ3) is 5.89. The largest absolute Gasteiger partial charge is 1.00 e. The molecule has 1 radical (unpaired) electrons. The molecule has 0 unspecified atom stereocenters. The molecule has 2 aromatic carbocycles. The van der Waals surface area contributed by atoms with Crippen molar-refractivity contribution >= 4 is 11.5 Å². The fraction of sp³-hybridized carbons (Fsp3) is 0.308. The Hall–Kier alpha value is -2.38. The molecule has 0 aromatic heterocycles. The van der Waals surface area contributed by atoms with Crippen LogP contribution in [0.3, 0.4) is 0 Å². The smallest absolute Gasteiger partial charge is 0.507 e. The first kappa shape index (κ1) is 24.3. The second-order valence-corrected chi connectivity index (χ2v) is 7.99. The van der Waals surface area contributed by atoms with Crippen LogP contribution in [0.5, 0.6) is 5.75 Å². The second-order valence-electron chi connectivity index (χ2n) is 7.99. The number of aliphatic hydroxyl groups is 1. The summed E-state index contributed by atoms with van der Waals surface area (Å²) in [5.41, 5.74) is 2.14. The van der Waals surface area contributed by atoms with Crippen molar-refractivity contribution in [3.8, 4) is 5.75 Å². The van der Waals surface area contributed by atoms with Gasteiger partial charge in [-0.15, -0.1) is 0 Å². The van der Waals surface area contributed by atoms with Gasteiger partial charge in [0, 0.05) is 12.7 Å². The summed E-state index contributed by atoms with van der Waals surface area (Å²) in [7, 11) is 0. The maximum atomic E-state index is 11.3. The maximum absolute atomic E-state index is 11.3. The Labute approximate surface area is 201 Å². The molecular formula is C26H27O5Os. The summed E-state index contributed by atoms with van der Waals surface area (Å²) in [6.07, 6.45) is 9.04. The second kappa shape index (κ2) is 11.5. The third-order valence-corrected chi connectivity index (χ3v) is 6.02. The number of ether oxygens (including phenoxy) is 2. The van der Waals surface area contributed by atoms with Crippen molar-refractivity contribution in [2.45, 2.75) is 25.0 Å². The molecule has 1 fully saturated rings. The number of hydrogen-bond donors (Lipinski definition) is 2. The number of aromatic carboxylic acids is 1. The molecule has 1 aliphatic heterocycles. The molecular weight excluding hydrogens is 583 g/mol. The van der Waals surface area contributed by atoms with Crippen molar-refractivity contribution in [3.63, 3.8) is 0 Å². The molecule has 1 aliphatic carbocycles. The van der Waals surface area contributed by atoms with Gasteiger partial charge in [-0.1, -0.05) is 42.3 Å². The number of aliphatic hydroxyl groups excluding tert-OH is 1. The summed E-state index contributed by atoms with van der Waals surface area (Å²) < 4.78 is 11.8. The average molecular weight is 610 g/mol. The number of rotatable bonds is 7. The fourth-order valence-corrected chi connectivity index (χ4v) is 4.39. The van der Waals surface area contributed by atoms with Gasteiger partial charge in [0.15, 0.2) is 0 Å². The third-order valence-electron chi connectivity index (χ3n) is 6.02. The molecule has 6 heteroatoms. The number of fused-ring (bicyclic) bond motifs is 1. The number of allylic oxidation sites excluding steroid dienone is 1. The van der Waals surface area contributed by atoms with Crippen LogP contribution in [0.15, 0.2) is 72.8 Å². The number of hydrogen-bond acceptors (Lipinski definition) is 4. The average Bonchev–Trinajstić information content (AvgIpc) is 2.94. The van der Waals surface area contributed by atoms with Gasteiger partial charge in [0.1, 0.15) is 5.75 Å².